The number of thiazole rings is 1. The quantitative estimate of drug-likeness (QED) is 0.156. The Kier molecular flexibility index (Phi) is 5.92. The molecule has 180 valence electrons. The highest BCUT2D eigenvalue weighted by Crippen LogP contribution is 2.26. The molecule has 0 fully saturated rings. The van der Waals surface area contributed by atoms with E-state index in [1.54, 1.807) is 29.1 Å². The van der Waals surface area contributed by atoms with Gasteiger partial charge in [-0.15, -0.1) is 11.3 Å². The first-order valence-corrected chi connectivity index (χ1v) is 12.3. The minimum atomic E-state index is -0.525. The van der Waals surface area contributed by atoms with E-state index in [1.807, 2.05) is 72.8 Å². The summed E-state index contributed by atoms with van der Waals surface area (Å²) in [5.41, 5.74) is 2.95. The van der Waals surface area contributed by atoms with Crippen molar-refractivity contribution < 1.29 is 13.9 Å². The molecule has 6 aromatic rings. The Morgan fingerprint density at radius 2 is 1.78 bits per heavy atom. The molecular formula is C29H19N3O4S. The van der Waals surface area contributed by atoms with E-state index < -0.39 is 11.6 Å². The zero-order chi connectivity index (χ0) is 25.2. The highest BCUT2D eigenvalue weighted by atomic mass is 32.1. The molecule has 6 rings (SSSR count). The number of carbonyl (C=O) groups excluding carboxylic acids is 1. The number of aromatic nitrogens is 3. The molecule has 8 heteroatoms. The molecule has 3 heterocycles. The lowest BCUT2D eigenvalue weighted by Gasteiger charge is -2.02. The van der Waals surface area contributed by atoms with Gasteiger partial charge in [-0.05, 0) is 42.5 Å². The van der Waals surface area contributed by atoms with Crippen LogP contribution in [0, 0.1) is 0 Å². The monoisotopic (exact) mass is 505 g/mol. The van der Waals surface area contributed by atoms with Crippen molar-refractivity contribution in [3.8, 4) is 16.9 Å². The predicted octanol–water partition coefficient (Wildman–Crippen LogP) is 6.01. The van der Waals surface area contributed by atoms with Gasteiger partial charge in [0.05, 0.1) is 21.5 Å². The highest BCUT2D eigenvalue weighted by molar-refractivity contribution is 7.18. The molecule has 0 spiro atoms. The average molecular weight is 506 g/mol. The first-order chi connectivity index (χ1) is 18.1. The minimum Gasteiger partial charge on any atom is -0.455 e. The smallest absolute Gasteiger partial charge is 0.345 e. The van der Waals surface area contributed by atoms with E-state index in [-0.39, 0.29) is 6.61 Å². The highest BCUT2D eigenvalue weighted by Gasteiger charge is 2.16. The summed E-state index contributed by atoms with van der Waals surface area (Å²) in [6, 6.07) is 26.3. The average Bonchev–Trinajstić information content (AvgIpc) is 3.55. The van der Waals surface area contributed by atoms with Gasteiger partial charge in [0, 0.05) is 23.2 Å². The van der Waals surface area contributed by atoms with E-state index in [0.29, 0.717) is 27.4 Å². The first-order valence-electron chi connectivity index (χ1n) is 11.5. The van der Waals surface area contributed by atoms with Crippen molar-refractivity contribution in [1.82, 2.24) is 14.8 Å². The van der Waals surface area contributed by atoms with Crippen LogP contribution in [0.15, 0.2) is 106 Å². The first kappa shape index (κ1) is 22.6. The fourth-order valence-corrected chi connectivity index (χ4v) is 4.86. The number of rotatable bonds is 6. The third-order valence-electron chi connectivity index (χ3n) is 5.73. The largest absolute Gasteiger partial charge is 0.455 e. The van der Waals surface area contributed by atoms with Crippen LogP contribution in [0.5, 0.6) is 0 Å². The van der Waals surface area contributed by atoms with E-state index in [2.05, 4.69) is 10.1 Å². The summed E-state index contributed by atoms with van der Waals surface area (Å²) >= 11 is 1.49. The van der Waals surface area contributed by atoms with Gasteiger partial charge in [-0.1, -0.05) is 48.5 Å². The van der Waals surface area contributed by atoms with Crippen LogP contribution in [0.1, 0.15) is 10.6 Å². The fourth-order valence-electron chi connectivity index (χ4n) is 3.98. The van der Waals surface area contributed by atoms with Crippen LogP contribution in [0.25, 0.3) is 44.2 Å². The summed E-state index contributed by atoms with van der Waals surface area (Å²) in [5, 5.41) is 6.15. The summed E-state index contributed by atoms with van der Waals surface area (Å²) in [6.07, 6.45) is 4.68. The van der Waals surface area contributed by atoms with Crippen molar-refractivity contribution in [2.45, 2.75) is 6.61 Å². The fraction of sp³-hybridized carbons (Fsp3) is 0.0345. The molecule has 0 aliphatic carbocycles. The zero-order valence-electron chi connectivity index (χ0n) is 19.4. The molecular weight excluding hydrogens is 486 g/mol. The van der Waals surface area contributed by atoms with E-state index >= 15 is 0 Å². The van der Waals surface area contributed by atoms with Crippen LogP contribution < -0.4 is 5.63 Å². The second-order valence-electron chi connectivity index (χ2n) is 8.21. The van der Waals surface area contributed by atoms with Crippen molar-refractivity contribution in [2.75, 3.05) is 0 Å². The van der Waals surface area contributed by atoms with Gasteiger partial charge in [0.1, 0.15) is 22.9 Å². The molecule has 0 amide bonds. The number of carbonyl (C=O) groups is 1. The Morgan fingerprint density at radius 1 is 1.00 bits per heavy atom. The second-order valence-corrected chi connectivity index (χ2v) is 9.33. The third-order valence-corrected chi connectivity index (χ3v) is 6.74. The zero-order valence-corrected chi connectivity index (χ0v) is 20.2. The third kappa shape index (κ3) is 4.70. The topological polar surface area (TPSA) is 87.2 Å². The van der Waals surface area contributed by atoms with E-state index in [9.17, 15) is 9.59 Å². The molecule has 0 aliphatic rings. The molecule has 37 heavy (non-hydrogen) atoms. The van der Waals surface area contributed by atoms with Crippen molar-refractivity contribution in [1.29, 1.82) is 0 Å². The van der Waals surface area contributed by atoms with Gasteiger partial charge in [-0.2, -0.15) is 5.10 Å². The van der Waals surface area contributed by atoms with Crippen molar-refractivity contribution in [3.05, 3.63) is 118 Å². The molecule has 0 atom stereocenters. The number of hydrogen-bond acceptors (Lipinski definition) is 7. The van der Waals surface area contributed by atoms with Crippen LogP contribution >= 0.6 is 11.3 Å². The summed E-state index contributed by atoms with van der Waals surface area (Å²) in [5.74, 6) is -0.525. The van der Waals surface area contributed by atoms with Crippen LogP contribution in [-0.2, 0) is 16.1 Å². The molecule has 0 saturated heterocycles. The second kappa shape index (κ2) is 9.67. The predicted molar refractivity (Wildman–Crippen MR) is 143 cm³/mol. The van der Waals surface area contributed by atoms with E-state index in [1.165, 1.54) is 17.4 Å². The van der Waals surface area contributed by atoms with Crippen molar-refractivity contribution in [3.63, 3.8) is 0 Å². The van der Waals surface area contributed by atoms with Crippen LogP contribution in [0.2, 0.25) is 0 Å². The van der Waals surface area contributed by atoms with Gasteiger partial charge in [-0.3, -0.25) is 0 Å². The van der Waals surface area contributed by atoms with E-state index in [4.69, 9.17) is 9.15 Å². The Bertz CT molecular complexity index is 1800. The lowest BCUT2D eigenvalue weighted by Crippen LogP contribution is -2.04. The molecule has 0 saturated carbocycles. The summed E-state index contributed by atoms with van der Waals surface area (Å²) < 4.78 is 13.6. The number of para-hydroxylation sites is 3. The van der Waals surface area contributed by atoms with Gasteiger partial charge in [-0.25, -0.2) is 19.3 Å². The SMILES string of the molecule is O=C(/C=C/c1cn(-c2ccccc2)nc1-c1cc2ccccc2oc1=O)OCc1nc2ccccc2s1. The van der Waals surface area contributed by atoms with Gasteiger partial charge in [0.25, 0.3) is 0 Å². The molecule has 0 aliphatic heterocycles. The number of esters is 1. The standard InChI is InChI=1S/C29H19N3O4S/c33-27(35-18-26-30-23-11-5-7-13-25(23)37-26)15-14-20-17-32(21-9-2-1-3-10-21)31-28(20)22-16-19-8-4-6-12-24(19)36-29(22)34/h1-17H,18H2/b15-14+. The Morgan fingerprint density at radius 3 is 2.65 bits per heavy atom. The van der Waals surface area contributed by atoms with Gasteiger partial charge >= 0.3 is 11.6 Å². The minimum absolute atomic E-state index is 0.0763. The molecule has 7 nitrogen and oxygen atoms in total. The lowest BCUT2D eigenvalue weighted by molar-refractivity contribution is -0.138. The lowest BCUT2D eigenvalue weighted by atomic mass is 10.1. The van der Waals surface area contributed by atoms with Gasteiger partial charge < -0.3 is 9.15 Å². The molecule has 0 bridgehead atoms. The molecule has 3 aromatic carbocycles. The van der Waals surface area contributed by atoms with Crippen molar-refractivity contribution >= 4 is 44.6 Å². The number of nitrogens with zero attached hydrogens (tertiary/aromatic N) is 3. The Hall–Kier alpha value is -4.82. The number of benzene rings is 3. The van der Waals surface area contributed by atoms with Crippen LogP contribution in [-0.4, -0.2) is 20.7 Å². The van der Waals surface area contributed by atoms with Gasteiger partial charge in [0.2, 0.25) is 0 Å². The Balaban J connectivity index is 1.31. The molecule has 0 N–H and O–H groups in total. The number of fused-ring (bicyclic) bond motifs is 2. The molecule has 0 unspecified atom stereocenters. The normalized spacial score (nSPS) is 11.5. The van der Waals surface area contributed by atoms with Crippen molar-refractivity contribution in [2.24, 2.45) is 0 Å². The van der Waals surface area contributed by atoms with E-state index in [0.717, 1.165) is 21.3 Å². The van der Waals surface area contributed by atoms with Crippen LogP contribution in [0.3, 0.4) is 0 Å². The number of hydrogen-bond donors (Lipinski definition) is 0. The number of ether oxygens (including phenoxy) is 1. The summed E-state index contributed by atoms with van der Waals surface area (Å²) in [4.78, 5) is 29.9. The molecule has 0 radical (unpaired) electrons. The summed E-state index contributed by atoms with van der Waals surface area (Å²) in [7, 11) is 0. The molecule has 3 aromatic heterocycles. The summed E-state index contributed by atoms with van der Waals surface area (Å²) in [6.45, 7) is 0.0763. The van der Waals surface area contributed by atoms with Gasteiger partial charge in [0.15, 0.2) is 0 Å². The van der Waals surface area contributed by atoms with Crippen LogP contribution in [0.4, 0.5) is 0 Å². The maximum atomic E-state index is 12.9. The Labute approximate surface area is 214 Å². The maximum Gasteiger partial charge on any atom is 0.345 e. The maximum absolute atomic E-state index is 12.9.